The van der Waals surface area contributed by atoms with Gasteiger partial charge in [-0.05, 0) is 44.0 Å². The van der Waals surface area contributed by atoms with E-state index in [0.29, 0.717) is 5.92 Å². The molecule has 0 spiro atoms. The summed E-state index contributed by atoms with van der Waals surface area (Å²) >= 11 is 0. The number of halogens is 2. The number of carbonyl (C=O) groups is 1. The minimum Gasteiger partial charge on any atom is -0.322 e. The highest BCUT2D eigenvalue weighted by molar-refractivity contribution is 5.92. The Balaban J connectivity index is 1.45. The van der Waals surface area contributed by atoms with Crippen molar-refractivity contribution in [3.63, 3.8) is 0 Å². The van der Waals surface area contributed by atoms with Crippen molar-refractivity contribution < 1.29 is 13.6 Å². The van der Waals surface area contributed by atoms with Gasteiger partial charge in [-0.2, -0.15) is 0 Å². The Morgan fingerprint density at radius 3 is 2.72 bits per heavy atom. The first-order valence-electron chi connectivity index (χ1n) is 8.31. The van der Waals surface area contributed by atoms with Crippen LogP contribution in [0.1, 0.15) is 18.7 Å². The van der Waals surface area contributed by atoms with Gasteiger partial charge < -0.3 is 9.88 Å². The molecule has 0 unspecified atom stereocenters. The lowest BCUT2D eigenvalue weighted by Crippen LogP contribution is -2.39. The van der Waals surface area contributed by atoms with Gasteiger partial charge in [-0.15, -0.1) is 10.2 Å². The third-order valence-corrected chi connectivity index (χ3v) is 4.56. The van der Waals surface area contributed by atoms with Crippen LogP contribution in [0.5, 0.6) is 0 Å². The van der Waals surface area contributed by atoms with E-state index in [-0.39, 0.29) is 18.1 Å². The maximum absolute atomic E-state index is 13.6. The Kier molecular flexibility index (Phi) is 5.37. The molecule has 1 aromatic heterocycles. The van der Waals surface area contributed by atoms with Crippen LogP contribution in [0.2, 0.25) is 0 Å². The normalized spacial score (nSPS) is 16.1. The van der Waals surface area contributed by atoms with Gasteiger partial charge in [0.1, 0.15) is 23.8 Å². The summed E-state index contributed by atoms with van der Waals surface area (Å²) in [6.07, 6.45) is 4.54. The molecule has 1 aromatic carbocycles. The summed E-state index contributed by atoms with van der Waals surface area (Å²) in [7, 11) is 1.93. The summed E-state index contributed by atoms with van der Waals surface area (Å²) in [5, 5.41) is 10.5. The quantitative estimate of drug-likeness (QED) is 0.897. The first-order chi connectivity index (χ1) is 12.0. The number of anilines is 1. The average Bonchev–Trinajstić information content (AvgIpc) is 2.97. The van der Waals surface area contributed by atoms with Gasteiger partial charge in [0.15, 0.2) is 0 Å². The molecule has 0 bridgehead atoms. The van der Waals surface area contributed by atoms with Crippen LogP contribution in [-0.2, 0) is 18.3 Å². The molecule has 1 aliphatic heterocycles. The van der Waals surface area contributed by atoms with Crippen molar-refractivity contribution >= 4 is 11.6 Å². The van der Waals surface area contributed by atoms with Crippen LogP contribution < -0.4 is 5.32 Å². The molecule has 1 N–H and O–H groups in total. The average molecular weight is 349 g/mol. The first kappa shape index (κ1) is 17.5. The van der Waals surface area contributed by atoms with E-state index in [1.54, 1.807) is 6.33 Å². The summed E-state index contributed by atoms with van der Waals surface area (Å²) in [4.78, 5) is 14.1. The molecular weight excluding hydrogens is 328 g/mol. The topological polar surface area (TPSA) is 63.1 Å². The lowest BCUT2D eigenvalue weighted by molar-refractivity contribution is -0.117. The summed E-state index contributed by atoms with van der Waals surface area (Å²) in [6, 6.07) is 3.11. The molecule has 0 aliphatic carbocycles. The maximum atomic E-state index is 13.6. The smallest absolute Gasteiger partial charge is 0.238 e. The molecule has 2 heterocycles. The highest BCUT2D eigenvalue weighted by atomic mass is 19.1. The molecule has 0 saturated carbocycles. The van der Waals surface area contributed by atoms with Crippen LogP contribution in [0.15, 0.2) is 24.5 Å². The van der Waals surface area contributed by atoms with Crippen LogP contribution in [0, 0.1) is 17.6 Å². The van der Waals surface area contributed by atoms with Crippen molar-refractivity contribution in [1.29, 1.82) is 0 Å². The van der Waals surface area contributed by atoms with Gasteiger partial charge >= 0.3 is 0 Å². The zero-order valence-corrected chi connectivity index (χ0v) is 14.1. The second-order valence-corrected chi connectivity index (χ2v) is 6.45. The van der Waals surface area contributed by atoms with Crippen LogP contribution in [0.3, 0.4) is 0 Å². The molecule has 134 valence electrons. The summed E-state index contributed by atoms with van der Waals surface area (Å²) in [6.45, 7) is 1.82. The molecule has 0 atom stereocenters. The highest BCUT2D eigenvalue weighted by Crippen LogP contribution is 2.21. The van der Waals surface area contributed by atoms with Gasteiger partial charge in [0.25, 0.3) is 0 Å². The van der Waals surface area contributed by atoms with Crippen molar-refractivity contribution in [1.82, 2.24) is 19.7 Å². The van der Waals surface area contributed by atoms with E-state index in [9.17, 15) is 13.6 Å². The predicted molar refractivity (Wildman–Crippen MR) is 88.9 cm³/mol. The molecule has 1 aliphatic rings. The molecule has 2 aromatic rings. The number of nitrogens with one attached hydrogen (secondary N) is 1. The summed E-state index contributed by atoms with van der Waals surface area (Å²) in [5.74, 6) is -0.229. The van der Waals surface area contributed by atoms with Crippen molar-refractivity contribution in [3.8, 4) is 0 Å². The van der Waals surface area contributed by atoms with Gasteiger partial charge in [0.2, 0.25) is 5.91 Å². The van der Waals surface area contributed by atoms with E-state index in [1.165, 1.54) is 6.07 Å². The Bertz CT molecular complexity index is 740. The Hall–Kier alpha value is -2.35. The largest absolute Gasteiger partial charge is 0.322 e. The van der Waals surface area contributed by atoms with Gasteiger partial charge in [-0.1, -0.05) is 0 Å². The molecule has 1 saturated heterocycles. The zero-order chi connectivity index (χ0) is 17.8. The lowest BCUT2D eigenvalue weighted by Gasteiger charge is -2.31. The molecular formula is C17H21F2N5O. The molecule has 25 heavy (non-hydrogen) atoms. The van der Waals surface area contributed by atoms with Crippen LogP contribution in [0.25, 0.3) is 0 Å². The van der Waals surface area contributed by atoms with Gasteiger partial charge in [0, 0.05) is 19.5 Å². The fourth-order valence-corrected chi connectivity index (χ4v) is 3.08. The summed E-state index contributed by atoms with van der Waals surface area (Å²) in [5.41, 5.74) is 0.00330. The monoisotopic (exact) mass is 349 g/mol. The van der Waals surface area contributed by atoms with Crippen LogP contribution in [-0.4, -0.2) is 45.2 Å². The number of rotatable bonds is 5. The maximum Gasteiger partial charge on any atom is 0.238 e. The van der Waals surface area contributed by atoms with Crippen molar-refractivity contribution in [3.05, 3.63) is 42.0 Å². The molecule has 8 heteroatoms. The van der Waals surface area contributed by atoms with E-state index < -0.39 is 11.6 Å². The molecule has 1 fully saturated rings. The predicted octanol–water partition coefficient (Wildman–Crippen LogP) is 1.99. The summed E-state index contributed by atoms with van der Waals surface area (Å²) < 4.78 is 28.4. The third-order valence-electron chi connectivity index (χ3n) is 4.56. The van der Waals surface area contributed by atoms with Crippen LogP contribution >= 0.6 is 0 Å². The van der Waals surface area contributed by atoms with E-state index in [4.69, 9.17) is 0 Å². The molecule has 3 rings (SSSR count). The number of aryl methyl sites for hydroxylation is 1. The van der Waals surface area contributed by atoms with Gasteiger partial charge in [0.05, 0.1) is 12.2 Å². The number of amides is 1. The Morgan fingerprint density at radius 2 is 2.08 bits per heavy atom. The molecule has 6 nitrogen and oxygen atoms in total. The number of piperidine rings is 1. The van der Waals surface area contributed by atoms with E-state index >= 15 is 0 Å². The van der Waals surface area contributed by atoms with Gasteiger partial charge in [-0.3, -0.25) is 9.69 Å². The second kappa shape index (κ2) is 7.69. The lowest BCUT2D eigenvalue weighted by atomic mass is 9.93. The van der Waals surface area contributed by atoms with Crippen molar-refractivity contribution in [2.75, 3.05) is 25.0 Å². The highest BCUT2D eigenvalue weighted by Gasteiger charge is 2.22. The number of nitrogens with zero attached hydrogens (tertiary/aromatic N) is 4. The van der Waals surface area contributed by atoms with Crippen LogP contribution in [0.4, 0.5) is 14.5 Å². The fraction of sp³-hybridized carbons (Fsp3) is 0.471. The fourth-order valence-electron chi connectivity index (χ4n) is 3.08. The molecule has 0 radical (unpaired) electrons. The number of benzene rings is 1. The van der Waals surface area contributed by atoms with E-state index in [2.05, 4.69) is 15.5 Å². The van der Waals surface area contributed by atoms with Crippen molar-refractivity contribution in [2.24, 2.45) is 13.0 Å². The Morgan fingerprint density at radius 1 is 1.32 bits per heavy atom. The minimum absolute atomic E-state index is 0.00330. The van der Waals surface area contributed by atoms with E-state index in [1.807, 2.05) is 16.5 Å². The first-order valence-corrected chi connectivity index (χ1v) is 8.31. The third kappa shape index (κ3) is 4.60. The SMILES string of the molecule is Cn1cnnc1CC1CCN(CC(=O)Nc2ccc(F)cc2F)CC1. The number of carbonyl (C=O) groups excluding carboxylic acids is 1. The van der Waals surface area contributed by atoms with Gasteiger partial charge in [-0.25, -0.2) is 8.78 Å². The number of hydrogen-bond donors (Lipinski definition) is 1. The Labute approximate surface area is 144 Å². The number of likely N-dealkylation sites (tertiary alicyclic amines) is 1. The van der Waals surface area contributed by atoms with Crippen molar-refractivity contribution in [2.45, 2.75) is 19.3 Å². The van der Waals surface area contributed by atoms with E-state index in [0.717, 1.165) is 50.3 Å². The number of hydrogen-bond acceptors (Lipinski definition) is 4. The molecule has 1 amide bonds. The second-order valence-electron chi connectivity index (χ2n) is 6.45. The minimum atomic E-state index is -0.768. The standard InChI is InChI=1S/C17H21F2N5O/c1-23-11-20-22-16(23)8-12-4-6-24(7-5-12)10-17(25)21-15-3-2-13(18)9-14(15)19/h2-3,9,11-12H,4-8,10H2,1H3,(H,21,25). The number of aromatic nitrogens is 3. The zero-order valence-electron chi connectivity index (χ0n) is 14.1.